The van der Waals surface area contributed by atoms with E-state index in [-0.39, 0.29) is 5.69 Å². The van der Waals surface area contributed by atoms with Gasteiger partial charge < -0.3 is 20.1 Å². The maximum atomic E-state index is 12.0. The lowest BCUT2D eigenvalue weighted by molar-refractivity contribution is -0.0550. The second kappa shape index (κ2) is 5.70. The monoisotopic (exact) mass is 325 g/mol. The van der Waals surface area contributed by atoms with Gasteiger partial charge in [0.2, 0.25) is 0 Å². The van der Waals surface area contributed by atoms with Gasteiger partial charge in [0.1, 0.15) is 24.0 Å². The number of aromatic amines is 1. The third kappa shape index (κ3) is 2.59. The number of aliphatic hydroxyl groups is 3. The van der Waals surface area contributed by atoms with Crippen molar-refractivity contribution < 1.29 is 20.1 Å². The van der Waals surface area contributed by atoms with Gasteiger partial charge in [0, 0.05) is 6.20 Å². The fraction of sp³-hybridized carbons (Fsp3) is 0.500. The molecule has 124 valence electrons. The van der Waals surface area contributed by atoms with Gasteiger partial charge in [-0.1, -0.05) is 5.21 Å². The summed E-state index contributed by atoms with van der Waals surface area (Å²) >= 11 is 0. The highest BCUT2D eigenvalue weighted by molar-refractivity contribution is 5.24. The molecule has 2 aromatic heterocycles. The van der Waals surface area contributed by atoms with Gasteiger partial charge in [0.15, 0.2) is 6.23 Å². The zero-order valence-corrected chi connectivity index (χ0v) is 12.0. The Morgan fingerprint density at radius 1 is 1.30 bits per heavy atom. The number of ether oxygens (including phenoxy) is 1. The van der Waals surface area contributed by atoms with Crippen molar-refractivity contribution in [1.82, 2.24) is 24.5 Å². The fourth-order valence-corrected chi connectivity index (χ4v) is 2.40. The van der Waals surface area contributed by atoms with E-state index >= 15 is 0 Å². The molecule has 4 N–H and O–H groups in total. The number of hydrogen-bond donors (Lipinski definition) is 4. The molecule has 11 nitrogen and oxygen atoms in total. The first-order valence-electron chi connectivity index (χ1n) is 6.79. The van der Waals surface area contributed by atoms with Gasteiger partial charge in [0.25, 0.3) is 5.56 Å². The van der Waals surface area contributed by atoms with Crippen LogP contribution in [0.3, 0.4) is 0 Å². The molecule has 11 heteroatoms. The van der Waals surface area contributed by atoms with Gasteiger partial charge >= 0.3 is 5.69 Å². The van der Waals surface area contributed by atoms with Gasteiger partial charge in [0.05, 0.1) is 18.5 Å². The molecule has 0 bridgehead atoms. The maximum Gasteiger partial charge on any atom is 0.330 e. The highest BCUT2D eigenvalue weighted by Gasteiger charge is 2.43. The van der Waals surface area contributed by atoms with E-state index in [0.29, 0.717) is 5.69 Å². The number of H-pyrrole nitrogens is 1. The number of aromatic nitrogens is 5. The Balaban J connectivity index is 2.07. The molecule has 0 aliphatic carbocycles. The molecule has 1 aliphatic heterocycles. The van der Waals surface area contributed by atoms with Crippen molar-refractivity contribution in [2.75, 3.05) is 6.61 Å². The quantitative estimate of drug-likeness (QED) is 0.466. The van der Waals surface area contributed by atoms with E-state index < -0.39 is 42.4 Å². The van der Waals surface area contributed by atoms with E-state index in [2.05, 4.69) is 15.3 Å². The van der Waals surface area contributed by atoms with E-state index in [1.54, 1.807) is 6.92 Å². The summed E-state index contributed by atoms with van der Waals surface area (Å²) in [6.45, 7) is 1.15. The first kappa shape index (κ1) is 15.6. The normalized spacial score (nSPS) is 27.5. The van der Waals surface area contributed by atoms with Crippen LogP contribution in [0.15, 0.2) is 22.0 Å². The lowest BCUT2D eigenvalue weighted by Gasteiger charge is -2.17. The Labute approximate surface area is 128 Å². The van der Waals surface area contributed by atoms with Crippen LogP contribution in [0.1, 0.15) is 11.9 Å². The number of hydrogen-bond acceptors (Lipinski definition) is 8. The van der Waals surface area contributed by atoms with Crippen molar-refractivity contribution in [3.8, 4) is 5.69 Å². The molecule has 1 fully saturated rings. The summed E-state index contributed by atoms with van der Waals surface area (Å²) in [4.78, 5) is 26.0. The minimum absolute atomic E-state index is 0.0112. The van der Waals surface area contributed by atoms with Crippen LogP contribution in [0.25, 0.3) is 5.69 Å². The van der Waals surface area contributed by atoms with Crippen molar-refractivity contribution >= 4 is 0 Å². The van der Waals surface area contributed by atoms with Crippen LogP contribution in [0, 0.1) is 6.92 Å². The van der Waals surface area contributed by atoms with E-state index in [1.165, 1.54) is 10.9 Å². The van der Waals surface area contributed by atoms with Crippen molar-refractivity contribution in [2.45, 2.75) is 31.5 Å². The highest BCUT2D eigenvalue weighted by atomic mass is 16.6. The maximum absolute atomic E-state index is 12.0. The minimum Gasteiger partial charge on any atom is -0.394 e. The molecule has 3 heterocycles. The standard InChI is InChI=1S/C12H15N5O6/c1-5-2-17(15-14-5)6-3-16(12(22)13-10(6)21)11-9(20)8(19)7(4-18)23-11/h2-3,7-9,11,18-20H,4H2,1H3,(H,13,21,22)/t7-,8?,9+,11-/m1/s1. The predicted octanol–water partition coefficient (Wildman–Crippen LogP) is -2.96. The lowest BCUT2D eigenvalue weighted by Crippen LogP contribution is -2.39. The SMILES string of the molecule is Cc1cn(-c2cn([C@@H]3O[C@H](CO)C(O)[C@@H]3O)c(=O)[nH]c2=O)nn1. The molecule has 0 spiro atoms. The second-order valence-electron chi connectivity index (χ2n) is 5.21. The van der Waals surface area contributed by atoms with Crippen LogP contribution < -0.4 is 11.2 Å². The molecule has 0 amide bonds. The summed E-state index contributed by atoms with van der Waals surface area (Å²) in [5, 5.41) is 36.4. The average Bonchev–Trinajstić information content (AvgIpc) is 3.05. The Bertz CT molecular complexity index is 826. The van der Waals surface area contributed by atoms with Crippen molar-refractivity contribution in [3.63, 3.8) is 0 Å². The Morgan fingerprint density at radius 3 is 2.61 bits per heavy atom. The average molecular weight is 325 g/mol. The molecule has 1 saturated heterocycles. The van der Waals surface area contributed by atoms with Gasteiger partial charge in [-0.15, -0.1) is 5.10 Å². The molecule has 3 rings (SSSR count). The van der Waals surface area contributed by atoms with Crippen LogP contribution in [-0.4, -0.2) is 64.8 Å². The van der Waals surface area contributed by atoms with Gasteiger partial charge in [-0.25, -0.2) is 9.48 Å². The number of rotatable bonds is 3. The first-order valence-corrected chi connectivity index (χ1v) is 6.79. The summed E-state index contributed by atoms with van der Waals surface area (Å²) in [6.07, 6.45) is -2.46. The molecule has 0 radical (unpaired) electrons. The Morgan fingerprint density at radius 2 is 2.04 bits per heavy atom. The summed E-state index contributed by atoms with van der Waals surface area (Å²) in [5.74, 6) is 0. The zero-order valence-electron chi connectivity index (χ0n) is 12.0. The number of aryl methyl sites for hydroxylation is 1. The number of nitrogens with zero attached hydrogens (tertiary/aromatic N) is 4. The smallest absolute Gasteiger partial charge is 0.330 e. The number of nitrogens with one attached hydrogen (secondary N) is 1. The van der Waals surface area contributed by atoms with E-state index in [1.807, 2.05) is 0 Å². The third-order valence-corrected chi connectivity index (χ3v) is 3.60. The fourth-order valence-electron chi connectivity index (χ4n) is 2.40. The molecule has 0 aromatic carbocycles. The number of aliphatic hydroxyl groups excluding tert-OH is 3. The molecular weight excluding hydrogens is 310 g/mol. The van der Waals surface area contributed by atoms with Crippen LogP contribution in [0.5, 0.6) is 0 Å². The summed E-state index contributed by atoms with van der Waals surface area (Å²) in [7, 11) is 0. The zero-order chi connectivity index (χ0) is 16.7. The first-order chi connectivity index (χ1) is 10.9. The topological polar surface area (TPSA) is 155 Å². The summed E-state index contributed by atoms with van der Waals surface area (Å²) in [5.41, 5.74) is -0.966. The van der Waals surface area contributed by atoms with E-state index in [9.17, 15) is 19.8 Å². The predicted molar refractivity (Wildman–Crippen MR) is 74.0 cm³/mol. The highest BCUT2D eigenvalue weighted by Crippen LogP contribution is 2.28. The van der Waals surface area contributed by atoms with Crippen LogP contribution in [0.4, 0.5) is 0 Å². The van der Waals surface area contributed by atoms with Gasteiger partial charge in [-0.3, -0.25) is 14.3 Å². The Kier molecular flexibility index (Phi) is 3.85. The van der Waals surface area contributed by atoms with Crippen molar-refractivity contribution in [2.24, 2.45) is 0 Å². The molecule has 23 heavy (non-hydrogen) atoms. The van der Waals surface area contributed by atoms with Gasteiger partial charge in [-0.2, -0.15) is 0 Å². The molecule has 1 aliphatic rings. The van der Waals surface area contributed by atoms with Gasteiger partial charge in [-0.05, 0) is 6.92 Å². The van der Waals surface area contributed by atoms with Crippen molar-refractivity contribution in [3.05, 3.63) is 38.9 Å². The van der Waals surface area contributed by atoms with Crippen molar-refractivity contribution in [1.29, 1.82) is 0 Å². The molecular formula is C12H15N5O6. The summed E-state index contributed by atoms with van der Waals surface area (Å²) < 4.78 is 7.38. The van der Waals surface area contributed by atoms with Crippen LogP contribution >= 0.6 is 0 Å². The molecule has 4 atom stereocenters. The Hall–Kier alpha value is -2.34. The van der Waals surface area contributed by atoms with Crippen LogP contribution in [-0.2, 0) is 4.74 Å². The largest absolute Gasteiger partial charge is 0.394 e. The molecule has 2 aromatic rings. The lowest BCUT2D eigenvalue weighted by atomic mass is 10.1. The van der Waals surface area contributed by atoms with Crippen LogP contribution in [0.2, 0.25) is 0 Å². The third-order valence-electron chi connectivity index (χ3n) is 3.60. The van der Waals surface area contributed by atoms with E-state index in [0.717, 1.165) is 10.8 Å². The molecule has 0 saturated carbocycles. The second-order valence-corrected chi connectivity index (χ2v) is 5.21. The summed E-state index contributed by atoms with van der Waals surface area (Å²) in [6, 6.07) is 0. The minimum atomic E-state index is -1.44. The van der Waals surface area contributed by atoms with E-state index in [4.69, 9.17) is 9.84 Å². The molecule has 1 unspecified atom stereocenters.